The van der Waals surface area contributed by atoms with E-state index in [1.165, 1.54) is 12.4 Å². The average Bonchev–Trinajstić information content (AvgIpc) is 2.89. The van der Waals surface area contributed by atoms with Crippen LogP contribution in [0.15, 0.2) is 79.4 Å². The molecule has 0 saturated carbocycles. The highest BCUT2D eigenvalue weighted by atomic mass is 19.1. The first kappa shape index (κ1) is 20.9. The van der Waals surface area contributed by atoms with Crippen LogP contribution >= 0.6 is 0 Å². The minimum absolute atomic E-state index is 0.0835. The number of hydrogen-bond acceptors (Lipinski definition) is 5. The number of carbonyl (C=O) groups excluding carboxylic acids is 1. The van der Waals surface area contributed by atoms with Crippen LogP contribution in [0.5, 0.6) is 0 Å². The van der Waals surface area contributed by atoms with Crippen LogP contribution < -0.4 is 0 Å². The summed E-state index contributed by atoms with van der Waals surface area (Å²) < 4.78 is 14.3. The van der Waals surface area contributed by atoms with Gasteiger partial charge >= 0.3 is 0 Å². The van der Waals surface area contributed by atoms with Crippen LogP contribution in [-0.2, 0) is 0 Å². The Kier molecular flexibility index (Phi) is 5.85. The lowest BCUT2D eigenvalue weighted by atomic mass is 9.93. The Balaban J connectivity index is 1.36. The molecule has 1 aliphatic heterocycles. The van der Waals surface area contributed by atoms with Crippen LogP contribution in [0.25, 0.3) is 22.5 Å². The number of carbonyl (C=O) groups is 1. The molecule has 1 saturated heterocycles. The number of likely N-dealkylation sites (tertiary alicyclic amines) is 1. The third kappa shape index (κ3) is 4.48. The lowest BCUT2D eigenvalue weighted by Crippen LogP contribution is -2.39. The van der Waals surface area contributed by atoms with Crippen molar-refractivity contribution in [2.75, 3.05) is 13.1 Å². The summed E-state index contributed by atoms with van der Waals surface area (Å²) in [7, 11) is 0. The maximum Gasteiger partial charge on any atom is 0.272 e. The Labute approximate surface area is 191 Å². The van der Waals surface area contributed by atoms with E-state index in [1.807, 2.05) is 35.2 Å². The van der Waals surface area contributed by atoms with Gasteiger partial charge in [-0.1, -0.05) is 24.3 Å². The zero-order valence-corrected chi connectivity index (χ0v) is 17.9. The normalized spacial score (nSPS) is 15.9. The molecular weight excluding hydrogens is 417 g/mol. The van der Waals surface area contributed by atoms with E-state index in [1.54, 1.807) is 36.7 Å². The molecule has 4 heterocycles. The molecule has 6 nitrogen and oxygen atoms in total. The van der Waals surface area contributed by atoms with Crippen molar-refractivity contribution in [3.05, 3.63) is 96.6 Å². The molecule has 7 heteroatoms. The molecule has 1 aliphatic rings. The minimum Gasteiger partial charge on any atom is -0.337 e. The molecule has 0 bridgehead atoms. The fourth-order valence-corrected chi connectivity index (χ4v) is 4.21. The quantitative estimate of drug-likeness (QED) is 0.459. The van der Waals surface area contributed by atoms with E-state index in [0.717, 1.165) is 24.1 Å². The third-order valence-corrected chi connectivity index (χ3v) is 5.87. The molecule has 33 heavy (non-hydrogen) atoms. The predicted molar refractivity (Wildman–Crippen MR) is 123 cm³/mol. The Bertz CT molecular complexity index is 1280. The molecule has 0 aliphatic carbocycles. The number of hydrogen-bond donors (Lipinski definition) is 0. The molecule has 0 radical (unpaired) electrons. The van der Waals surface area contributed by atoms with Gasteiger partial charge in [0.25, 0.3) is 5.91 Å². The molecule has 164 valence electrons. The molecule has 1 amide bonds. The Morgan fingerprint density at radius 3 is 2.55 bits per heavy atom. The Morgan fingerprint density at radius 1 is 0.909 bits per heavy atom. The highest BCUT2D eigenvalue weighted by Gasteiger charge is 2.27. The maximum absolute atomic E-state index is 14.3. The lowest BCUT2D eigenvalue weighted by Gasteiger charge is -2.32. The second kappa shape index (κ2) is 9.24. The van der Waals surface area contributed by atoms with Gasteiger partial charge in [-0.15, -0.1) is 0 Å². The number of halogens is 1. The van der Waals surface area contributed by atoms with Gasteiger partial charge in [0.2, 0.25) is 0 Å². The molecule has 1 fully saturated rings. The van der Waals surface area contributed by atoms with Gasteiger partial charge < -0.3 is 4.90 Å². The standard InChI is InChI=1S/C26H22FN5O/c27-21-8-2-1-7-20(21)24-11-3-9-22(30-24)18-6-5-13-32(16-18)26(33)25-12-4-10-23(31-25)19-14-28-17-29-15-19/h1-4,7-12,14-15,17-18H,5-6,13,16H2/t18-/m1/s1. The van der Waals surface area contributed by atoms with E-state index in [2.05, 4.69) is 15.0 Å². The van der Waals surface area contributed by atoms with Crippen molar-refractivity contribution in [2.45, 2.75) is 18.8 Å². The van der Waals surface area contributed by atoms with E-state index < -0.39 is 0 Å². The largest absolute Gasteiger partial charge is 0.337 e. The zero-order valence-electron chi connectivity index (χ0n) is 17.9. The number of rotatable bonds is 4. The molecule has 0 N–H and O–H groups in total. The summed E-state index contributed by atoms with van der Waals surface area (Å²) in [5.41, 5.74) is 3.77. The number of benzene rings is 1. The number of amides is 1. The van der Waals surface area contributed by atoms with Crippen LogP contribution in [-0.4, -0.2) is 43.8 Å². The zero-order chi connectivity index (χ0) is 22.6. The topological polar surface area (TPSA) is 71.9 Å². The number of aromatic nitrogens is 4. The highest BCUT2D eigenvalue weighted by Crippen LogP contribution is 2.29. The van der Waals surface area contributed by atoms with Crippen molar-refractivity contribution >= 4 is 5.91 Å². The molecule has 4 aromatic rings. The summed E-state index contributed by atoms with van der Waals surface area (Å²) in [5, 5.41) is 0. The van der Waals surface area contributed by atoms with Gasteiger partial charge in [0.1, 0.15) is 17.8 Å². The molecule has 0 unspecified atom stereocenters. The molecular formula is C26H22FN5O. The first-order chi connectivity index (χ1) is 16.2. The van der Waals surface area contributed by atoms with Crippen molar-refractivity contribution < 1.29 is 9.18 Å². The van der Waals surface area contributed by atoms with Crippen molar-refractivity contribution in [1.29, 1.82) is 0 Å². The van der Waals surface area contributed by atoms with Gasteiger partial charge in [-0.2, -0.15) is 0 Å². The summed E-state index contributed by atoms with van der Waals surface area (Å²) in [6, 6.07) is 17.7. The Hall–Kier alpha value is -4.00. The summed E-state index contributed by atoms with van der Waals surface area (Å²) in [5.74, 6) is -0.318. The maximum atomic E-state index is 14.3. The van der Waals surface area contributed by atoms with Gasteiger partial charge in [0.05, 0.1) is 11.4 Å². The number of pyridine rings is 2. The van der Waals surface area contributed by atoms with E-state index >= 15 is 0 Å². The third-order valence-electron chi connectivity index (χ3n) is 5.87. The van der Waals surface area contributed by atoms with Gasteiger partial charge in [-0.3, -0.25) is 9.78 Å². The number of nitrogens with zero attached hydrogens (tertiary/aromatic N) is 5. The van der Waals surface area contributed by atoms with Gasteiger partial charge in [0.15, 0.2) is 0 Å². The monoisotopic (exact) mass is 439 g/mol. The average molecular weight is 439 g/mol. The minimum atomic E-state index is -0.294. The van der Waals surface area contributed by atoms with E-state index in [9.17, 15) is 9.18 Å². The molecule has 3 aromatic heterocycles. The van der Waals surface area contributed by atoms with Crippen molar-refractivity contribution in [3.8, 4) is 22.5 Å². The second-order valence-corrected chi connectivity index (χ2v) is 8.05. The van der Waals surface area contributed by atoms with Gasteiger partial charge in [0, 0.05) is 48.2 Å². The number of piperidine rings is 1. The van der Waals surface area contributed by atoms with Crippen LogP contribution in [0.1, 0.15) is 34.9 Å². The summed E-state index contributed by atoms with van der Waals surface area (Å²) in [6.45, 7) is 1.22. The van der Waals surface area contributed by atoms with Crippen molar-refractivity contribution in [3.63, 3.8) is 0 Å². The fourth-order valence-electron chi connectivity index (χ4n) is 4.21. The van der Waals surface area contributed by atoms with Crippen LogP contribution in [0, 0.1) is 5.82 Å². The van der Waals surface area contributed by atoms with Crippen LogP contribution in [0.3, 0.4) is 0 Å². The summed E-state index contributed by atoms with van der Waals surface area (Å²) >= 11 is 0. The summed E-state index contributed by atoms with van der Waals surface area (Å²) in [4.78, 5) is 32.4. The van der Waals surface area contributed by atoms with Gasteiger partial charge in [-0.05, 0) is 49.2 Å². The second-order valence-electron chi connectivity index (χ2n) is 8.05. The van der Waals surface area contributed by atoms with Crippen LogP contribution in [0.4, 0.5) is 4.39 Å². The van der Waals surface area contributed by atoms with E-state index in [0.29, 0.717) is 35.7 Å². The molecule has 1 aromatic carbocycles. The summed E-state index contributed by atoms with van der Waals surface area (Å²) in [6.07, 6.45) is 6.60. The highest BCUT2D eigenvalue weighted by molar-refractivity contribution is 5.93. The smallest absolute Gasteiger partial charge is 0.272 e. The lowest BCUT2D eigenvalue weighted by molar-refractivity contribution is 0.0700. The van der Waals surface area contributed by atoms with E-state index in [-0.39, 0.29) is 17.6 Å². The predicted octanol–water partition coefficient (Wildman–Crippen LogP) is 4.76. The Morgan fingerprint density at radius 2 is 1.70 bits per heavy atom. The first-order valence-corrected chi connectivity index (χ1v) is 10.9. The molecule has 0 spiro atoms. The van der Waals surface area contributed by atoms with Crippen molar-refractivity contribution in [1.82, 2.24) is 24.8 Å². The fraction of sp³-hybridized carbons (Fsp3) is 0.192. The SMILES string of the molecule is O=C(c1cccc(-c2cncnc2)n1)N1CCC[C@@H](c2cccc(-c3ccccc3F)n2)C1. The first-order valence-electron chi connectivity index (χ1n) is 10.9. The molecule has 1 atom stereocenters. The van der Waals surface area contributed by atoms with E-state index in [4.69, 9.17) is 4.98 Å². The van der Waals surface area contributed by atoms with Gasteiger partial charge in [-0.25, -0.2) is 19.3 Å². The van der Waals surface area contributed by atoms with Crippen LogP contribution in [0.2, 0.25) is 0 Å². The molecule has 5 rings (SSSR count). The van der Waals surface area contributed by atoms with Crippen molar-refractivity contribution in [2.24, 2.45) is 0 Å².